The fourth-order valence-electron chi connectivity index (χ4n) is 2.42. The van der Waals surface area contributed by atoms with Crippen molar-refractivity contribution in [2.75, 3.05) is 18.5 Å². The Morgan fingerprint density at radius 1 is 0.967 bits per heavy atom. The predicted molar refractivity (Wildman–Crippen MR) is 108 cm³/mol. The van der Waals surface area contributed by atoms with Crippen molar-refractivity contribution in [1.29, 1.82) is 0 Å². The monoisotopic (exact) mass is 421 g/mol. The van der Waals surface area contributed by atoms with Crippen LogP contribution in [-0.2, 0) is 9.53 Å². The number of ether oxygens (including phenoxy) is 3. The molecule has 2 aromatic carbocycles. The van der Waals surface area contributed by atoms with Gasteiger partial charge >= 0.3 is 5.97 Å². The molecule has 0 radical (unpaired) electrons. The summed E-state index contributed by atoms with van der Waals surface area (Å²) in [6.45, 7) is 6.16. The van der Waals surface area contributed by atoms with Gasteiger partial charge in [-0.3, -0.25) is 4.79 Å². The van der Waals surface area contributed by atoms with E-state index in [4.69, 9.17) is 14.2 Å². The van der Waals surface area contributed by atoms with E-state index in [9.17, 15) is 18.4 Å². The number of hydrogen-bond donors (Lipinski definition) is 1. The number of hydrogen-bond acceptors (Lipinski definition) is 5. The van der Waals surface area contributed by atoms with Gasteiger partial charge in [0.25, 0.3) is 5.91 Å². The topological polar surface area (TPSA) is 73.9 Å². The quantitative estimate of drug-likeness (QED) is 0.562. The Labute approximate surface area is 174 Å². The molecule has 6 nitrogen and oxygen atoms in total. The lowest BCUT2D eigenvalue weighted by Crippen LogP contribution is -2.30. The zero-order valence-electron chi connectivity index (χ0n) is 17.2. The van der Waals surface area contributed by atoms with Gasteiger partial charge in [0.1, 0.15) is 17.3 Å². The van der Waals surface area contributed by atoms with Gasteiger partial charge in [0.15, 0.2) is 17.6 Å². The van der Waals surface area contributed by atoms with Crippen molar-refractivity contribution in [1.82, 2.24) is 0 Å². The molecule has 2 rings (SSSR count). The normalized spacial score (nSPS) is 11.5. The van der Waals surface area contributed by atoms with Gasteiger partial charge in [-0.05, 0) is 50.1 Å². The second kappa shape index (κ2) is 11.1. The Hall–Kier alpha value is -3.16. The molecule has 8 heteroatoms. The lowest BCUT2D eigenvalue weighted by Gasteiger charge is -2.16. The fraction of sp³-hybridized carbons (Fsp3) is 0.364. The molecule has 0 saturated heterocycles. The van der Waals surface area contributed by atoms with E-state index in [0.29, 0.717) is 24.7 Å². The van der Waals surface area contributed by atoms with Crippen molar-refractivity contribution in [3.63, 3.8) is 0 Å². The highest BCUT2D eigenvalue weighted by Gasteiger charge is 2.22. The minimum Gasteiger partial charge on any atom is -0.490 e. The van der Waals surface area contributed by atoms with Crippen LogP contribution in [0.3, 0.4) is 0 Å². The van der Waals surface area contributed by atoms with Crippen molar-refractivity contribution < 1.29 is 32.6 Å². The first kappa shape index (κ1) is 23.1. The van der Waals surface area contributed by atoms with Gasteiger partial charge in [-0.2, -0.15) is 0 Å². The van der Waals surface area contributed by atoms with Gasteiger partial charge in [0, 0.05) is 0 Å². The zero-order valence-corrected chi connectivity index (χ0v) is 17.2. The van der Waals surface area contributed by atoms with E-state index in [0.717, 1.165) is 25.0 Å². The van der Waals surface area contributed by atoms with E-state index < -0.39 is 35.3 Å². The highest BCUT2D eigenvalue weighted by atomic mass is 19.1. The first-order chi connectivity index (χ1) is 14.4. The summed E-state index contributed by atoms with van der Waals surface area (Å²) in [5, 5.41) is 2.10. The van der Waals surface area contributed by atoms with Gasteiger partial charge in [-0.25, -0.2) is 13.6 Å². The maximum atomic E-state index is 13.7. The number of amides is 1. The van der Waals surface area contributed by atoms with E-state index in [-0.39, 0.29) is 5.56 Å². The van der Waals surface area contributed by atoms with E-state index in [1.807, 2.05) is 13.8 Å². The number of benzene rings is 2. The standard InChI is InChI=1S/C22H25F2NO5/c1-4-11-28-18-10-9-15(13-19(18)29-12-5-2)22(27)30-14(3)21(26)25-20-16(23)7-6-8-17(20)24/h6-10,13-14H,4-5,11-12H2,1-3H3,(H,25,26)/t14-/m1/s1. The average Bonchev–Trinajstić information content (AvgIpc) is 2.73. The largest absolute Gasteiger partial charge is 0.490 e. The molecule has 0 spiro atoms. The van der Waals surface area contributed by atoms with E-state index in [1.54, 1.807) is 6.07 Å². The first-order valence-corrected chi connectivity index (χ1v) is 9.72. The van der Waals surface area contributed by atoms with Gasteiger partial charge in [0.05, 0.1) is 18.8 Å². The highest BCUT2D eigenvalue weighted by Crippen LogP contribution is 2.29. The molecule has 0 unspecified atom stereocenters. The van der Waals surface area contributed by atoms with Gasteiger partial charge < -0.3 is 19.5 Å². The van der Waals surface area contributed by atoms with Crippen LogP contribution < -0.4 is 14.8 Å². The number of halogens is 2. The Morgan fingerprint density at radius 3 is 2.17 bits per heavy atom. The van der Waals surface area contributed by atoms with Crippen molar-refractivity contribution in [3.05, 3.63) is 53.6 Å². The van der Waals surface area contributed by atoms with Gasteiger partial charge in [-0.1, -0.05) is 19.9 Å². The van der Waals surface area contributed by atoms with Crippen molar-refractivity contribution >= 4 is 17.6 Å². The Morgan fingerprint density at radius 2 is 1.57 bits per heavy atom. The number of rotatable bonds is 10. The molecule has 1 N–H and O–H groups in total. The number of para-hydroxylation sites is 1. The average molecular weight is 421 g/mol. The molecular formula is C22H25F2NO5. The molecule has 0 aliphatic rings. The third-order valence-electron chi connectivity index (χ3n) is 3.97. The number of carbonyl (C=O) groups is 2. The molecule has 0 aliphatic carbocycles. The second-order valence-corrected chi connectivity index (χ2v) is 6.49. The lowest BCUT2D eigenvalue weighted by molar-refractivity contribution is -0.123. The molecule has 0 bridgehead atoms. The zero-order chi connectivity index (χ0) is 22.1. The van der Waals surface area contributed by atoms with E-state index in [2.05, 4.69) is 5.32 Å². The van der Waals surface area contributed by atoms with Crippen LogP contribution in [0.5, 0.6) is 11.5 Å². The Balaban J connectivity index is 2.09. The first-order valence-electron chi connectivity index (χ1n) is 9.72. The maximum absolute atomic E-state index is 13.7. The number of carbonyl (C=O) groups excluding carboxylic acids is 2. The smallest absolute Gasteiger partial charge is 0.339 e. The fourth-order valence-corrected chi connectivity index (χ4v) is 2.42. The maximum Gasteiger partial charge on any atom is 0.339 e. The number of anilines is 1. The lowest BCUT2D eigenvalue weighted by atomic mass is 10.2. The molecule has 0 saturated carbocycles. The molecule has 1 atom stereocenters. The summed E-state index contributed by atoms with van der Waals surface area (Å²) in [7, 11) is 0. The number of esters is 1. The summed E-state index contributed by atoms with van der Waals surface area (Å²) in [4.78, 5) is 24.6. The molecule has 0 fully saturated rings. The Bertz CT molecular complexity index is 868. The van der Waals surface area contributed by atoms with E-state index >= 15 is 0 Å². The van der Waals surface area contributed by atoms with Crippen molar-refractivity contribution in [2.45, 2.75) is 39.7 Å². The molecular weight excluding hydrogens is 396 g/mol. The molecule has 1 amide bonds. The summed E-state index contributed by atoms with van der Waals surface area (Å²) < 4.78 is 43.8. The van der Waals surface area contributed by atoms with E-state index in [1.165, 1.54) is 25.1 Å². The number of nitrogens with one attached hydrogen (secondary N) is 1. The van der Waals surface area contributed by atoms with Gasteiger partial charge in [-0.15, -0.1) is 0 Å². The minimum atomic E-state index is -1.28. The van der Waals surface area contributed by atoms with Crippen LogP contribution in [0, 0.1) is 11.6 Å². The van der Waals surface area contributed by atoms with Crippen molar-refractivity contribution in [2.24, 2.45) is 0 Å². The highest BCUT2D eigenvalue weighted by molar-refractivity contribution is 5.97. The predicted octanol–water partition coefficient (Wildman–Crippen LogP) is 4.73. The second-order valence-electron chi connectivity index (χ2n) is 6.49. The molecule has 0 heterocycles. The molecule has 30 heavy (non-hydrogen) atoms. The third-order valence-corrected chi connectivity index (χ3v) is 3.97. The van der Waals surface area contributed by atoms with Crippen LogP contribution in [0.15, 0.2) is 36.4 Å². The molecule has 162 valence electrons. The summed E-state index contributed by atoms with van der Waals surface area (Å²) in [5.74, 6) is -2.61. The summed E-state index contributed by atoms with van der Waals surface area (Å²) in [5.41, 5.74) is -0.445. The van der Waals surface area contributed by atoms with Crippen LogP contribution in [-0.4, -0.2) is 31.2 Å². The Kier molecular flexibility index (Phi) is 8.58. The van der Waals surface area contributed by atoms with Crippen molar-refractivity contribution in [3.8, 4) is 11.5 Å². The summed E-state index contributed by atoms with van der Waals surface area (Å²) in [6, 6.07) is 7.76. The van der Waals surface area contributed by atoms with Crippen LogP contribution in [0.2, 0.25) is 0 Å². The third kappa shape index (κ3) is 6.17. The van der Waals surface area contributed by atoms with Crippen LogP contribution in [0.4, 0.5) is 14.5 Å². The SMILES string of the molecule is CCCOc1ccc(C(=O)O[C@H](C)C(=O)Nc2c(F)cccc2F)cc1OCCC. The molecule has 0 aliphatic heterocycles. The van der Waals surface area contributed by atoms with Crippen LogP contribution >= 0.6 is 0 Å². The van der Waals surface area contributed by atoms with Crippen LogP contribution in [0.1, 0.15) is 44.0 Å². The summed E-state index contributed by atoms with van der Waals surface area (Å²) >= 11 is 0. The molecule has 2 aromatic rings. The summed E-state index contributed by atoms with van der Waals surface area (Å²) in [6.07, 6.45) is 0.297. The van der Waals surface area contributed by atoms with Gasteiger partial charge in [0.2, 0.25) is 0 Å². The molecule has 0 aromatic heterocycles. The van der Waals surface area contributed by atoms with Crippen LogP contribution in [0.25, 0.3) is 0 Å². The minimum absolute atomic E-state index is 0.154.